The van der Waals surface area contributed by atoms with Crippen LogP contribution in [-0.2, 0) is 11.2 Å². The van der Waals surface area contributed by atoms with Gasteiger partial charge in [0.1, 0.15) is 11.1 Å². The fourth-order valence-corrected chi connectivity index (χ4v) is 3.50. The van der Waals surface area contributed by atoms with Gasteiger partial charge in [-0.2, -0.15) is 5.26 Å². The summed E-state index contributed by atoms with van der Waals surface area (Å²) < 4.78 is 0.855. The van der Waals surface area contributed by atoms with E-state index in [0.29, 0.717) is 22.8 Å². The molecule has 1 amide bonds. The number of nitrogens with one attached hydrogen (secondary N) is 1. The van der Waals surface area contributed by atoms with Crippen LogP contribution in [0, 0.1) is 11.3 Å². The highest BCUT2D eigenvalue weighted by Crippen LogP contribution is 2.24. The van der Waals surface area contributed by atoms with Crippen molar-refractivity contribution in [2.24, 2.45) is 0 Å². The highest BCUT2D eigenvalue weighted by Gasteiger charge is 2.09. The van der Waals surface area contributed by atoms with Gasteiger partial charge in [-0.1, -0.05) is 25.5 Å². The van der Waals surface area contributed by atoms with Crippen LogP contribution >= 0.6 is 27.7 Å². The predicted octanol–water partition coefficient (Wildman–Crippen LogP) is 5.18. The lowest BCUT2D eigenvalue weighted by Gasteiger charge is -2.08. The lowest BCUT2D eigenvalue weighted by molar-refractivity contribution is -0.115. The number of hydrogen-bond acceptors (Lipinski definition) is 4. The minimum Gasteiger partial charge on any atom is -0.325 e. The lowest BCUT2D eigenvalue weighted by atomic mass is 10.2. The van der Waals surface area contributed by atoms with Gasteiger partial charge < -0.3 is 5.32 Å². The van der Waals surface area contributed by atoms with Crippen molar-refractivity contribution >= 4 is 39.3 Å². The van der Waals surface area contributed by atoms with Crippen LogP contribution in [0.2, 0.25) is 0 Å². The Morgan fingerprint density at radius 2 is 2.12 bits per heavy atom. The van der Waals surface area contributed by atoms with Gasteiger partial charge in [0.25, 0.3) is 0 Å². The van der Waals surface area contributed by atoms with Crippen LogP contribution in [0.1, 0.15) is 37.4 Å². The summed E-state index contributed by atoms with van der Waals surface area (Å²) >= 11 is 4.87. The molecule has 0 bridgehead atoms. The molecule has 0 fully saturated rings. The molecule has 130 valence electrons. The first-order chi connectivity index (χ1) is 12.1. The molecule has 2 rings (SSSR count). The van der Waals surface area contributed by atoms with E-state index in [0.717, 1.165) is 35.1 Å². The number of unbranched alkanes of at least 4 members (excludes halogenated alkanes) is 1. The summed E-state index contributed by atoms with van der Waals surface area (Å²) in [6.07, 6.45) is 3.47. The van der Waals surface area contributed by atoms with Crippen molar-refractivity contribution in [3.05, 3.63) is 52.1 Å². The molecule has 6 heteroatoms. The van der Waals surface area contributed by atoms with Crippen molar-refractivity contribution in [2.75, 3.05) is 11.1 Å². The highest BCUT2D eigenvalue weighted by atomic mass is 79.9. The Morgan fingerprint density at radius 1 is 1.32 bits per heavy atom. The van der Waals surface area contributed by atoms with E-state index < -0.39 is 0 Å². The number of rotatable bonds is 8. The number of thioether (sulfide) groups is 1. The third-order valence-corrected chi connectivity index (χ3v) is 5.23. The number of halogens is 1. The summed E-state index contributed by atoms with van der Waals surface area (Å²) in [6, 6.07) is 13.4. The molecule has 2 aromatic rings. The second kappa shape index (κ2) is 10.2. The molecule has 0 saturated carbocycles. The largest absolute Gasteiger partial charge is 0.325 e. The molecule has 0 spiro atoms. The zero-order valence-corrected chi connectivity index (χ0v) is 16.5. The molecule has 1 heterocycles. The van der Waals surface area contributed by atoms with Crippen molar-refractivity contribution in [1.29, 1.82) is 5.26 Å². The third kappa shape index (κ3) is 6.18. The van der Waals surface area contributed by atoms with Gasteiger partial charge in [0.05, 0.1) is 11.3 Å². The van der Waals surface area contributed by atoms with E-state index in [1.165, 1.54) is 11.8 Å². The number of anilines is 1. The maximum absolute atomic E-state index is 12.1. The Balaban J connectivity index is 1.91. The van der Waals surface area contributed by atoms with Crippen LogP contribution < -0.4 is 5.32 Å². The van der Waals surface area contributed by atoms with Crippen molar-refractivity contribution < 1.29 is 4.79 Å². The van der Waals surface area contributed by atoms with Gasteiger partial charge in [-0.25, -0.2) is 4.98 Å². The van der Waals surface area contributed by atoms with E-state index >= 15 is 0 Å². The van der Waals surface area contributed by atoms with Gasteiger partial charge in [-0.05, 0) is 53.0 Å². The molecule has 0 unspecified atom stereocenters. The Morgan fingerprint density at radius 3 is 2.84 bits per heavy atom. The summed E-state index contributed by atoms with van der Waals surface area (Å²) in [5, 5.41) is 12.8. The van der Waals surface area contributed by atoms with E-state index in [2.05, 4.69) is 39.2 Å². The number of aryl methyl sites for hydroxylation is 1. The summed E-state index contributed by atoms with van der Waals surface area (Å²) in [7, 11) is 0. The molecule has 0 aliphatic rings. The molecule has 4 nitrogen and oxygen atoms in total. The van der Waals surface area contributed by atoms with Crippen LogP contribution in [0.15, 0.2) is 45.9 Å². The molecule has 0 radical (unpaired) electrons. The van der Waals surface area contributed by atoms with E-state index in [-0.39, 0.29) is 5.91 Å². The van der Waals surface area contributed by atoms with Crippen molar-refractivity contribution in [3.63, 3.8) is 0 Å². The summed E-state index contributed by atoms with van der Waals surface area (Å²) in [6.45, 7) is 2.14. The predicted molar refractivity (Wildman–Crippen MR) is 106 cm³/mol. The first-order valence-corrected chi connectivity index (χ1v) is 9.99. The second-order valence-corrected chi connectivity index (χ2v) is 7.44. The van der Waals surface area contributed by atoms with Crippen molar-refractivity contribution in [1.82, 2.24) is 4.98 Å². The minimum atomic E-state index is -0.0555. The first kappa shape index (κ1) is 19.5. The summed E-state index contributed by atoms with van der Waals surface area (Å²) in [4.78, 5) is 16.7. The maximum Gasteiger partial charge on any atom is 0.225 e. The molecule has 0 aliphatic heterocycles. The average Bonchev–Trinajstić information content (AvgIpc) is 2.62. The Bertz CT molecular complexity index is 774. The molecule has 25 heavy (non-hydrogen) atoms. The molecule has 0 atom stereocenters. The zero-order valence-electron chi connectivity index (χ0n) is 14.1. The first-order valence-electron chi connectivity index (χ1n) is 8.21. The van der Waals surface area contributed by atoms with Gasteiger partial charge in [0.15, 0.2) is 0 Å². The third-order valence-electron chi connectivity index (χ3n) is 3.54. The van der Waals surface area contributed by atoms with Gasteiger partial charge in [-0.15, -0.1) is 11.8 Å². The molecule has 1 aromatic carbocycles. The molecular weight excluding hydrogens is 398 g/mol. The van der Waals surface area contributed by atoms with Crippen LogP contribution in [0.3, 0.4) is 0 Å². The monoisotopic (exact) mass is 417 g/mol. The Kier molecular flexibility index (Phi) is 7.96. The molecule has 1 N–H and O–H groups in total. The fourth-order valence-electron chi connectivity index (χ4n) is 2.19. The van der Waals surface area contributed by atoms with Crippen LogP contribution in [0.25, 0.3) is 0 Å². The molecule has 0 aliphatic carbocycles. The number of carbonyl (C=O) groups excluding carboxylic acids is 1. The van der Waals surface area contributed by atoms with E-state index in [1.54, 1.807) is 0 Å². The van der Waals surface area contributed by atoms with Crippen molar-refractivity contribution in [2.45, 2.75) is 37.6 Å². The fraction of sp³-hybridized carbons (Fsp3) is 0.316. The number of nitrogens with zero attached hydrogens (tertiary/aromatic N) is 2. The lowest BCUT2D eigenvalue weighted by Crippen LogP contribution is -2.12. The quantitative estimate of drug-likeness (QED) is 0.600. The number of aromatic nitrogens is 1. The van der Waals surface area contributed by atoms with Crippen molar-refractivity contribution in [3.8, 4) is 6.07 Å². The number of para-hydroxylation sites is 1. The number of hydrogen-bond donors (Lipinski definition) is 1. The highest BCUT2D eigenvalue weighted by molar-refractivity contribution is 9.10. The zero-order chi connectivity index (χ0) is 18.1. The topological polar surface area (TPSA) is 65.8 Å². The van der Waals surface area contributed by atoms with Gasteiger partial charge in [0.2, 0.25) is 5.91 Å². The average molecular weight is 418 g/mol. The van der Waals surface area contributed by atoms with Crippen LogP contribution in [0.4, 0.5) is 5.69 Å². The molecule has 1 aromatic heterocycles. The second-order valence-electron chi connectivity index (χ2n) is 5.50. The van der Waals surface area contributed by atoms with E-state index in [1.807, 2.05) is 36.4 Å². The van der Waals surface area contributed by atoms with Crippen LogP contribution in [-0.4, -0.2) is 16.6 Å². The van der Waals surface area contributed by atoms with Gasteiger partial charge in [0, 0.05) is 22.3 Å². The van der Waals surface area contributed by atoms with E-state index in [4.69, 9.17) is 0 Å². The normalized spacial score (nSPS) is 10.3. The summed E-state index contributed by atoms with van der Waals surface area (Å²) in [5.41, 5.74) is 2.33. The van der Waals surface area contributed by atoms with Gasteiger partial charge in [-0.3, -0.25) is 4.79 Å². The standard InChI is InChI=1S/C19H20BrN3OS/c1-2-3-6-15-10-9-14(13-21)19(22-15)25-12-11-18(24)23-17-8-5-4-7-16(17)20/h4-5,7-10H,2-3,6,11-12H2,1H3,(H,23,24). The number of pyridine rings is 1. The number of amides is 1. The minimum absolute atomic E-state index is 0.0555. The summed E-state index contributed by atoms with van der Waals surface area (Å²) in [5.74, 6) is 0.523. The number of nitriles is 1. The number of carbonyl (C=O) groups is 1. The maximum atomic E-state index is 12.1. The van der Waals surface area contributed by atoms with Crippen LogP contribution in [0.5, 0.6) is 0 Å². The van der Waals surface area contributed by atoms with E-state index in [9.17, 15) is 10.1 Å². The molecule has 0 saturated heterocycles. The smallest absolute Gasteiger partial charge is 0.225 e. The molecular formula is C19H20BrN3OS. The number of benzene rings is 1. The Hall–Kier alpha value is -1.84. The van der Waals surface area contributed by atoms with Gasteiger partial charge >= 0.3 is 0 Å². The Labute approximate surface area is 161 Å². The SMILES string of the molecule is CCCCc1ccc(C#N)c(SCCC(=O)Nc2ccccc2Br)n1.